The predicted molar refractivity (Wildman–Crippen MR) is 70.7 cm³/mol. The molecule has 1 fully saturated rings. The first-order valence-electron chi connectivity index (χ1n) is 6.50. The quantitative estimate of drug-likeness (QED) is 0.897. The van der Waals surface area contributed by atoms with Gasteiger partial charge in [-0.25, -0.2) is 4.39 Å². The summed E-state index contributed by atoms with van der Waals surface area (Å²) < 4.78 is 19.0. The van der Waals surface area contributed by atoms with Crippen LogP contribution in [0, 0.1) is 12.7 Å². The molecule has 4 nitrogen and oxygen atoms in total. The van der Waals surface area contributed by atoms with E-state index in [1.165, 1.54) is 6.07 Å². The molecule has 1 heterocycles. The third-order valence-electron chi connectivity index (χ3n) is 3.17. The number of halogens is 1. The number of carbonyl (C=O) groups is 1. The van der Waals surface area contributed by atoms with E-state index in [0.29, 0.717) is 13.1 Å². The van der Waals surface area contributed by atoms with E-state index < -0.39 is 11.9 Å². The van der Waals surface area contributed by atoms with Crippen LogP contribution in [0.15, 0.2) is 18.2 Å². The molecular formula is C14H19FN2O2. The maximum atomic E-state index is 13.6. The molecular weight excluding hydrogens is 247 g/mol. The third kappa shape index (κ3) is 3.44. The largest absolute Gasteiger partial charge is 0.478 e. The molecule has 1 aromatic rings. The number of piperazine rings is 1. The van der Waals surface area contributed by atoms with Crippen LogP contribution in [0.5, 0.6) is 5.75 Å². The zero-order valence-corrected chi connectivity index (χ0v) is 11.3. The Kier molecular flexibility index (Phi) is 4.37. The van der Waals surface area contributed by atoms with Crippen molar-refractivity contribution in [3.63, 3.8) is 0 Å². The Bertz CT molecular complexity index is 459. The van der Waals surface area contributed by atoms with E-state index in [1.54, 1.807) is 24.0 Å². The van der Waals surface area contributed by atoms with Crippen molar-refractivity contribution in [2.24, 2.45) is 0 Å². The highest BCUT2D eigenvalue weighted by atomic mass is 19.1. The first-order valence-corrected chi connectivity index (χ1v) is 6.50. The van der Waals surface area contributed by atoms with E-state index in [-0.39, 0.29) is 11.7 Å². The van der Waals surface area contributed by atoms with E-state index in [1.807, 2.05) is 6.92 Å². The molecule has 0 aromatic heterocycles. The highest BCUT2D eigenvalue weighted by Crippen LogP contribution is 2.20. The summed E-state index contributed by atoms with van der Waals surface area (Å²) in [7, 11) is 0. The van der Waals surface area contributed by atoms with E-state index in [9.17, 15) is 9.18 Å². The molecule has 1 aliphatic heterocycles. The van der Waals surface area contributed by atoms with E-state index in [4.69, 9.17) is 4.74 Å². The topological polar surface area (TPSA) is 41.6 Å². The smallest absolute Gasteiger partial charge is 0.263 e. The summed E-state index contributed by atoms with van der Waals surface area (Å²) in [4.78, 5) is 13.9. The van der Waals surface area contributed by atoms with Crippen molar-refractivity contribution in [2.75, 3.05) is 26.2 Å². The monoisotopic (exact) mass is 266 g/mol. The fraction of sp³-hybridized carbons (Fsp3) is 0.500. The van der Waals surface area contributed by atoms with Gasteiger partial charge in [-0.1, -0.05) is 6.07 Å². The van der Waals surface area contributed by atoms with Crippen LogP contribution in [0.4, 0.5) is 4.39 Å². The summed E-state index contributed by atoms with van der Waals surface area (Å²) in [6.07, 6.45) is -0.672. The Morgan fingerprint density at radius 1 is 1.42 bits per heavy atom. The molecule has 104 valence electrons. The molecule has 1 N–H and O–H groups in total. The Labute approximate surface area is 112 Å². The number of carbonyl (C=O) groups excluding carboxylic acids is 1. The van der Waals surface area contributed by atoms with Crippen LogP contribution in [0.1, 0.15) is 12.5 Å². The predicted octanol–water partition coefficient (Wildman–Crippen LogP) is 1.33. The van der Waals surface area contributed by atoms with Gasteiger partial charge < -0.3 is 15.0 Å². The van der Waals surface area contributed by atoms with Gasteiger partial charge in [0.25, 0.3) is 5.91 Å². The molecule has 0 saturated carbocycles. The van der Waals surface area contributed by atoms with Crippen molar-refractivity contribution in [2.45, 2.75) is 20.0 Å². The Hall–Kier alpha value is -1.62. The molecule has 1 amide bonds. The summed E-state index contributed by atoms with van der Waals surface area (Å²) >= 11 is 0. The molecule has 2 rings (SSSR count). The fourth-order valence-corrected chi connectivity index (χ4v) is 2.08. The maximum Gasteiger partial charge on any atom is 0.263 e. The van der Waals surface area contributed by atoms with Crippen LogP contribution in [0.2, 0.25) is 0 Å². The van der Waals surface area contributed by atoms with Crippen molar-refractivity contribution < 1.29 is 13.9 Å². The number of aryl methyl sites for hydroxylation is 1. The van der Waals surface area contributed by atoms with Gasteiger partial charge in [0, 0.05) is 26.2 Å². The van der Waals surface area contributed by atoms with Crippen LogP contribution >= 0.6 is 0 Å². The lowest BCUT2D eigenvalue weighted by molar-refractivity contribution is -0.138. The molecule has 1 aliphatic rings. The average Bonchev–Trinajstić information content (AvgIpc) is 2.43. The number of amides is 1. The molecule has 1 saturated heterocycles. The molecule has 1 atom stereocenters. The number of benzene rings is 1. The second-order valence-electron chi connectivity index (χ2n) is 4.77. The van der Waals surface area contributed by atoms with E-state index in [0.717, 1.165) is 18.7 Å². The highest BCUT2D eigenvalue weighted by molar-refractivity contribution is 5.81. The van der Waals surface area contributed by atoms with Gasteiger partial charge in [0.1, 0.15) is 0 Å². The van der Waals surface area contributed by atoms with Crippen molar-refractivity contribution >= 4 is 5.91 Å². The van der Waals surface area contributed by atoms with Crippen LogP contribution in [-0.4, -0.2) is 43.1 Å². The lowest BCUT2D eigenvalue weighted by atomic mass is 10.2. The normalized spacial score (nSPS) is 17.1. The molecule has 0 aliphatic carbocycles. The number of nitrogens with one attached hydrogen (secondary N) is 1. The minimum absolute atomic E-state index is 0.0950. The number of ether oxygens (including phenoxy) is 1. The summed E-state index contributed by atoms with van der Waals surface area (Å²) in [5.74, 6) is -0.399. The zero-order chi connectivity index (χ0) is 13.8. The highest BCUT2D eigenvalue weighted by Gasteiger charge is 2.24. The van der Waals surface area contributed by atoms with Gasteiger partial charge in [0.05, 0.1) is 0 Å². The van der Waals surface area contributed by atoms with Crippen molar-refractivity contribution in [3.05, 3.63) is 29.6 Å². The third-order valence-corrected chi connectivity index (χ3v) is 3.17. The Morgan fingerprint density at radius 2 is 2.11 bits per heavy atom. The van der Waals surface area contributed by atoms with Gasteiger partial charge in [0.2, 0.25) is 0 Å². The summed E-state index contributed by atoms with van der Waals surface area (Å²) in [6.45, 7) is 6.43. The van der Waals surface area contributed by atoms with Gasteiger partial charge in [-0.3, -0.25) is 4.79 Å². The van der Waals surface area contributed by atoms with Crippen LogP contribution in [-0.2, 0) is 4.79 Å². The molecule has 5 heteroatoms. The number of hydrogen-bond donors (Lipinski definition) is 1. The second kappa shape index (κ2) is 6.02. The van der Waals surface area contributed by atoms with E-state index in [2.05, 4.69) is 5.32 Å². The minimum atomic E-state index is -0.672. The van der Waals surface area contributed by atoms with Crippen molar-refractivity contribution in [3.8, 4) is 5.75 Å². The standard InChI is InChI=1S/C14H19FN2O2/c1-10-3-4-12(15)13(9-10)19-11(2)14(18)17-7-5-16-6-8-17/h3-4,9,11,16H,5-8H2,1-2H3. The molecule has 0 bridgehead atoms. The van der Waals surface area contributed by atoms with Crippen LogP contribution < -0.4 is 10.1 Å². The Morgan fingerprint density at radius 3 is 2.79 bits per heavy atom. The van der Waals surface area contributed by atoms with Gasteiger partial charge in [-0.15, -0.1) is 0 Å². The lowest BCUT2D eigenvalue weighted by Gasteiger charge is -2.29. The van der Waals surface area contributed by atoms with Gasteiger partial charge >= 0.3 is 0 Å². The van der Waals surface area contributed by atoms with Crippen molar-refractivity contribution in [1.82, 2.24) is 10.2 Å². The summed E-state index contributed by atoms with van der Waals surface area (Å²) in [5, 5.41) is 3.18. The van der Waals surface area contributed by atoms with Gasteiger partial charge in [-0.2, -0.15) is 0 Å². The number of hydrogen-bond acceptors (Lipinski definition) is 3. The first kappa shape index (κ1) is 13.8. The lowest BCUT2D eigenvalue weighted by Crippen LogP contribution is -2.50. The second-order valence-corrected chi connectivity index (χ2v) is 4.77. The minimum Gasteiger partial charge on any atom is -0.478 e. The molecule has 0 radical (unpaired) electrons. The molecule has 19 heavy (non-hydrogen) atoms. The first-order chi connectivity index (χ1) is 9.08. The number of rotatable bonds is 3. The van der Waals surface area contributed by atoms with Crippen LogP contribution in [0.3, 0.4) is 0 Å². The summed E-state index contributed by atoms with van der Waals surface area (Å²) in [5.41, 5.74) is 0.901. The Balaban J connectivity index is 2.01. The van der Waals surface area contributed by atoms with Gasteiger partial charge in [0.15, 0.2) is 17.7 Å². The molecule has 0 spiro atoms. The van der Waals surface area contributed by atoms with Crippen LogP contribution in [0.25, 0.3) is 0 Å². The fourth-order valence-electron chi connectivity index (χ4n) is 2.08. The average molecular weight is 266 g/mol. The summed E-state index contributed by atoms with van der Waals surface area (Å²) in [6, 6.07) is 4.63. The maximum absolute atomic E-state index is 13.6. The zero-order valence-electron chi connectivity index (χ0n) is 11.3. The molecule has 1 aromatic carbocycles. The van der Waals surface area contributed by atoms with E-state index >= 15 is 0 Å². The number of nitrogens with zero attached hydrogens (tertiary/aromatic N) is 1. The van der Waals surface area contributed by atoms with Crippen molar-refractivity contribution in [1.29, 1.82) is 0 Å². The SMILES string of the molecule is Cc1ccc(F)c(OC(C)C(=O)N2CCNCC2)c1. The molecule has 1 unspecified atom stereocenters. The van der Waals surface area contributed by atoms with Gasteiger partial charge in [-0.05, 0) is 31.5 Å².